The number of carbonyl (C=O) groups excluding carboxylic acids is 1. The molecule has 1 unspecified atom stereocenters. The predicted octanol–water partition coefficient (Wildman–Crippen LogP) is 3.49. The molecule has 1 N–H and O–H groups in total. The fourth-order valence-corrected chi connectivity index (χ4v) is 4.76. The molecule has 150 valence electrons. The van der Waals surface area contributed by atoms with Crippen molar-refractivity contribution < 1.29 is 17.9 Å². The van der Waals surface area contributed by atoms with Crippen LogP contribution >= 0.6 is 0 Å². The van der Waals surface area contributed by atoms with Gasteiger partial charge in [0.2, 0.25) is 10.0 Å². The Morgan fingerprint density at radius 2 is 1.61 bits per heavy atom. The normalized spacial score (nSPS) is 16.0. The molecule has 1 aliphatic heterocycles. The van der Waals surface area contributed by atoms with E-state index in [1.165, 1.54) is 16.4 Å². The Bertz CT molecular complexity index is 929. The van der Waals surface area contributed by atoms with Crippen molar-refractivity contribution in [2.45, 2.75) is 44.6 Å². The van der Waals surface area contributed by atoms with Gasteiger partial charge in [-0.15, -0.1) is 0 Å². The number of benzene rings is 2. The molecule has 0 spiro atoms. The summed E-state index contributed by atoms with van der Waals surface area (Å²) in [6, 6.07) is 12.1. The Hall–Kier alpha value is -2.38. The minimum absolute atomic E-state index is 0.243. The molecule has 0 radical (unpaired) electrons. The topological polar surface area (TPSA) is 75.7 Å². The summed E-state index contributed by atoms with van der Waals surface area (Å²) in [5, 5.41) is 2.78. The molecule has 1 aliphatic rings. The summed E-state index contributed by atoms with van der Waals surface area (Å²) in [5.74, 6) is 0.412. The lowest BCUT2D eigenvalue weighted by Crippen LogP contribution is -2.30. The van der Waals surface area contributed by atoms with Crippen molar-refractivity contribution in [2.24, 2.45) is 0 Å². The third kappa shape index (κ3) is 4.36. The van der Waals surface area contributed by atoms with E-state index in [9.17, 15) is 13.2 Å². The van der Waals surface area contributed by atoms with Crippen molar-refractivity contribution in [3.05, 3.63) is 53.6 Å². The number of nitrogens with zero attached hydrogens (tertiary/aromatic N) is 1. The van der Waals surface area contributed by atoms with Crippen LogP contribution in [-0.4, -0.2) is 37.8 Å². The van der Waals surface area contributed by atoms with E-state index in [0.29, 0.717) is 24.5 Å². The Morgan fingerprint density at radius 3 is 2.18 bits per heavy atom. The molecule has 2 aromatic carbocycles. The van der Waals surface area contributed by atoms with Gasteiger partial charge in [0, 0.05) is 18.8 Å². The monoisotopic (exact) mass is 402 g/mol. The van der Waals surface area contributed by atoms with Crippen molar-refractivity contribution in [1.82, 2.24) is 4.31 Å². The summed E-state index contributed by atoms with van der Waals surface area (Å²) in [6.45, 7) is 6.69. The van der Waals surface area contributed by atoms with Gasteiger partial charge in [0.15, 0.2) is 6.10 Å². The molecule has 1 atom stereocenters. The fraction of sp³-hybridized carbons (Fsp3) is 0.381. The lowest BCUT2D eigenvalue weighted by molar-refractivity contribution is -0.122. The summed E-state index contributed by atoms with van der Waals surface area (Å²) >= 11 is 0. The molecule has 0 saturated carbocycles. The van der Waals surface area contributed by atoms with Crippen LogP contribution in [0.2, 0.25) is 0 Å². The first-order valence-electron chi connectivity index (χ1n) is 9.43. The number of rotatable bonds is 6. The van der Waals surface area contributed by atoms with E-state index in [1.807, 2.05) is 32.0 Å². The minimum Gasteiger partial charge on any atom is -0.480 e. The molecule has 3 rings (SSSR count). The van der Waals surface area contributed by atoms with Gasteiger partial charge < -0.3 is 10.1 Å². The van der Waals surface area contributed by atoms with E-state index < -0.39 is 16.1 Å². The molecule has 2 aromatic rings. The Labute approximate surface area is 166 Å². The van der Waals surface area contributed by atoms with Gasteiger partial charge >= 0.3 is 0 Å². The summed E-state index contributed by atoms with van der Waals surface area (Å²) in [5.41, 5.74) is 2.47. The molecule has 1 saturated heterocycles. The first-order valence-corrected chi connectivity index (χ1v) is 10.9. The van der Waals surface area contributed by atoms with Crippen molar-refractivity contribution in [3.63, 3.8) is 0 Å². The molecule has 7 heteroatoms. The summed E-state index contributed by atoms with van der Waals surface area (Å²) in [6.07, 6.45) is 1.10. The van der Waals surface area contributed by atoms with E-state index in [2.05, 4.69) is 5.32 Å². The molecular formula is C21H26N2O4S. The molecular weight excluding hydrogens is 376 g/mol. The van der Waals surface area contributed by atoms with Gasteiger partial charge in [0.1, 0.15) is 5.75 Å². The standard InChI is InChI=1S/C21H26N2O4S/c1-15-7-6-8-16(2)20(15)27-17(3)21(24)22-18-9-11-19(12-10-18)28(25,26)23-13-4-5-14-23/h6-12,17H,4-5,13-14H2,1-3H3,(H,22,24). The predicted molar refractivity (Wildman–Crippen MR) is 109 cm³/mol. The molecule has 0 aliphatic carbocycles. The zero-order valence-corrected chi connectivity index (χ0v) is 17.3. The average molecular weight is 403 g/mol. The van der Waals surface area contributed by atoms with Crippen LogP contribution < -0.4 is 10.1 Å². The van der Waals surface area contributed by atoms with Crippen LogP contribution in [0.4, 0.5) is 5.69 Å². The fourth-order valence-electron chi connectivity index (χ4n) is 3.25. The van der Waals surface area contributed by atoms with Gasteiger partial charge in [-0.05, 0) is 69.0 Å². The number of nitrogens with one attached hydrogen (secondary N) is 1. The second kappa shape index (κ2) is 8.32. The van der Waals surface area contributed by atoms with Gasteiger partial charge in [-0.3, -0.25) is 4.79 Å². The average Bonchev–Trinajstić information content (AvgIpc) is 3.21. The number of hydrogen-bond donors (Lipinski definition) is 1. The lowest BCUT2D eigenvalue weighted by Gasteiger charge is -2.18. The highest BCUT2D eigenvalue weighted by Crippen LogP contribution is 2.25. The van der Waals surface area contributed by atoms with Crippen molar-refractivity contribution in [1.29, 1.82) is 0 Å². The zero-order chi connectivity index (χ0) is 20.3. The number of hydrogen-bond acceptors (Lipinski definition) is 4. The second-order valence-corrected chi connectivity index (χ2v) is 9.04. The number of anilines is 1. The molecule has 1 heterocycles. The van der Waals surface area contributed by atoms with Crippen LogP contribution in [0.3, 0.4) is 0 Å². The van der Waals surface area contributed by atoms with E-state index in [4.69, 9.17) is 4.74 Å². The molecule has 1 amide bonds. The largest absolute Gasteiger partial charge is 0.480 e. The van der Waals surface area contributed by atoms with Crippen molar-refractivity contribution in [2.75, 3.05) is 18.4 Å². The maximum Gasteiger partial charge on any atom is 0.265 e. The number of aryl methyl sites for hydroxylation is 2. The maximum absolute atomic E-state index is 12.6. The van der Waals surface area contributed by atoms with Gasteiger partial charge in [-0.25, -0.2) is 8.42 Å². The molecule has 0 aromatic heterocycles. The molecule has 1 fully saturated rings. The van der Waals surface area contributed by atoms with E-state index in [-0.39, 0.29) is 10.8 Å². The number of sulfonamides is 1. The quantitative estimate of drug-likeness (QED) is 0.802. The smallest absolute Gasteiger partial charge is 0.265 e. The number of carbonyl (C=O) groups is 1. The van der Waals surface area contributed by atoms with Crippen LogP contribution in [0.5, 0.6) is 5.75 Å². The summed E-state index contributed by atoms with van der Waals surface area (Å²) in [4.78, 5) is 12.7. The molecule has 6 nitrogen and oxygen atoms in total. The minimum atomic E-state index is -3.45. The Kier molecular flexibility index (Phi) is 6.05. The molecule has 0 bridgehead atoms. The summed E-state index contributed by atoms with van der Waals surface area (Å²) in [7, 11) is -3.45. The van der Waals surface area contributed by atoms with Crippen molar-refractivity contribution >= 4 is 21.6 Å². The van der Waals surface area contributed by atoms with Crippen molar-refractivity contribution in [3.8, 4) is 5.75 Å². The summed E-state index contributed by atoms with van der Waals surface area (Å²) < 4.78 is 32.5. The second-order valence-electron chi connectivity index (χ2n) is 7.11. The highest BCUT2D eigenvalue weighted by molar-refractivity contribution is 7.89. The zero-order valence-electron chi connectivity index (χ0n) is 16.4. The van der Waals surface area contributed by atoms with E-state index in [0.717, 1.165) is 24.0 Å². The van der Waals surface area contributed by atoms with E-state index >= 15 is 0 Å². The highest BCUT2D eigenvalue weighted by atomic mass is 32.2. The van der Waals surface area contributed by atoms with Crippen LogP contribution in [0.1, 0.15) is 30.9 Å². The number of ether oxygens (including phenoxy) is 1. The third-order valence-electron chi connectivity index (χ3n) is 4.90. The maximum atomic E-state index is 12.6. The molecule has 28 heavy (non-hydrogen) atoms. The Balaban J connectivity index is 1.65. The third-order valence-corrected chi connectivity index (χ3v) is 6.81. The lowest BCUT2D eigenvalue weighted by atomic mass is 10.1. The Morgan fingerprint density at radius 1 is 1.04 bits per heavy atom. The van der Waals surface area contributed by atoms with Gasteiger partial charge in [0.05, 0.1) is 4.90 Å². The van der Waals surface area contributed by atoms with Gasteiger partial charge in [0.25, 0.3) is 5.91 Å². The van der Waals surface area contributed by atoms with Crippen LogP contribution in [0.25, 0.3) is 0 Å². The number of amides is 1. The van der Waals surface area contributed by atoms with Crippen LogP contribution in [-0.2, 0) is 14.8 Å². The van der Waals surface area contributed by atoms with Crippen LogP contribution in [0.15, 0.2) is 47.4 Å². The van der Waals surface area contributed by atoms with Gasteiger partial charge in [-0.1, -0.05) is 18.2 Å². The number of para-hydroxylation sites is 1. The van der Waals surface area contributed by atoms with Gasteiger partial charge in [-0.2, -0.15) is 4.31 Å². The first kappa shape index (κ1) is 20.4. The first-order chi connectivity index (χ1) is 13.3. The van der Waals surface area contributed by atoms with Crippen LogP contribution in [0, 0.1) is 13.8 Å². The SMILES string of the molecule is Cc1cccc(C)c1OC(C)C(=O)Nc1ccc(S(=O)(=O)N2CCCC2)cc1. The highest BCUT2D eigenvalue weighted by Gasteiger charge is 2.27. The van der Waals surface area contributed by atoms with E-state index in [1.54, 1.807) is 19.1 Å².